The number of nitrogens with zero attached hydrogens (tertiary/aromatic N) is 2. The van der Waals surface area contributed by atoms with Gasteiger partial charge in [0.1, 0.15) is 0 Å². The predicted octanol–water partition coefficient (Wildman–Crippen LogP) is 0.128. The van der Waals surface area contributed by atoms with Gasteiger partial charge in [-0.1, -0.05) is 0 Å². The van der Waals surface area contributed by atoms with E-state index in [0.29, 0.717) is 0 Å². The Bertz CT molecular complexity index is 197. The first-order chi connectivity index (χ1) is 6.93. The first kappa shape index (κ1) is 9.13. The lowest BCUT2D eigenvalue weighted by atomic mass is 10.1. The Hall–Kier alpha value is -0.120. The summed E-state index contributed by atoms with van der Waals surface area (Å²) in [5, 5.41) is 3.37. The minimum Gasteiger partial charge on any atom is -0.314 e. The minimum absolute atomic E-state index is 0.864. The van der Waals surface area contributed by atoms with Gasteiger partial charge in [0, 0.05) is 38.3 Å². The number of hydrogen-bond acceptors (Lipinski definition) is 3. The molecule has 0 bridgehead atoms. The average Bonchev–Trinajstić information content (AvgIpc) is 2.65. The molecular formula is C11H21N3. The fraction of sp³-hybridized carbons (Fsp3) is 1.00. The van der Waals surface area contributed by atoms with Crippen LogP contribution in [0.15, 0.2) is 0 Å². The monoisotopic (exact) mass is 195 g/mol. The third-order valence-corrected chi connectivity index (χ3v) is 4.13. The van der Waals surface area contributed by atoms with Crippen molar-refractivity contribution in [3.63, 3.8) is 0 Å². The summed E-state index contributed by atoms with van der Waals surface area (Å²) in [4.78, 5) is 5.41. The minimum atomic E-state index is 0.864. The van der Waals surface area contributed by atoms with E-state index >= 15 is 0 Å². The van der Waals surface area contributed by atoms with Crippen molar-refractivity contribution in [2.45, 2.75) is 31.3 Å². The van der Waals surface area contributed by atoms with Gasteiger partial charge in [-0.05, 0) is 32.4 Å². The lowest BCUT2D eigenvalue weighted by molar-refractivity contribution is 0.159. The van der Waals surface area contributed by atoms with Gasteiger partial charge in [-0.3, -0.25) is 9.80 Å². The Balaban J connectivity index is 1.52. The topological polar surface area (TPSA) is 18.5 Å². The van der Waals surface area contributed by atoms with Gasteiger partial charge in [-0.15, -0.1) is 0 Å². The van der Waals surface area contributed by atoms with Crippen LogP contribution in [0.2, 0.25) is 0 Å². The van der Waals surface area contributed by atoms with Crippen molar-refractivity contribution in [1.82, 2.24) is 15.1 Å². The summed E-state index contributed by atoms with van der Waals surface area (Å²) < 4.78 is 0. The Labute approximate surface area is 86.4 Å². The van der Waals surface area contributed by atoms with E-state index in [4.69, 9.17) is 0 Å². The van der Waals surface area contributed by atoms with E-state index in [9.17, 15) is 0 Å². The van der Waals surface area contributed by atoms with Crippen LogP contribution < -0.4 is 5.32 Å². The van der Waals surface area contributed by atoms with E-state index in [2.05, 4.69) is 15.1 Å². The second kappa shape index (κ2) is 3.80. The first-order valence-electron chi connectivity index (χ1n) is 6.12. The molecule has 80 valence electrons. The van der Waals surface area contributed by atoms with Crippen LogP contribution in [0.1, 0.15) is 19.3 Å². The zero-order valence-corrected chi connectivity index (χ0v) is 8.91. The molecule has 0 amide bonds. The summed E-state index contributed by atoms with van der Waals surface area (Å²) in [5.41, 5.74) is 0. The summed E-state index contributed by atoms with van der Waals surface area (Å²) in [7, 11) is 0. The quantitative estimate of drug-likeness (QED) is 0.675. The third kappa shape index (κ3) is 1.58. The van der Waals surface area contributed by atoms with E-state index in [1.807, 2.05) is 0 Å². The van der Waals surface area contributed by atoms with E-state index < -0.39 is 0 Å². The molecule has 3 nitrogen and oxygen atoms in total. The second-order valence-electron chi connectivity index (χ2n) is 4.99. The second-order valence-corrected chi connectivity index (χ2v) is 4.99. The lowest BCUT2D eigenvalue weighted by Gasteiger charge is -2.36. The molecule has 3 aliphatic rings. The third-order valence-electron chi connectivity index (χ3n) is 4.13. The highest BCUT2D eigenvalue weighted by atomic mass is 15.3. The average molecular weight is 195 g/mol. The molecule has 3 heterocycles. The van der Waals surface area contributed by atoms with E-state index in [1.165, 1.54) is 58.5 Å². The SMILES string of the molecule is C1CCN(C2CCN(C3CNC3)C2)C1. The molecule has 1 atom stereocenters. The standard InChI is InChI=1S/C11H21N3/c1-2-5-13(4-1)10-3-6-14(9-10)11-7-12-8-11/h10-12H,1-9H2. The highest BCUT2D eigenvalue weighted by molar-refractivity contribution is 4.93. The van der Waals surface area contributed by atoms with Gasteiger partial charge in [0.15, 0.2) is 0 Å². The fourth-order valence-corrected chi connectivity index (χ4v) is 3.04. The number of rotatable bonds is 2. The summed E-state index contributed by atoms with van der Waals surface area (Å²) in [6.07, 6.45) is 4.28. The van der Waals surface area contributed by atoms with Crippen molar-refractivity contribution in [3.8, 4) is 0 Å². The van der Waals surface area contributed by atoms with Gasteiger partial charge >= 0.3 is 0 Å². The molecule has 0 spiro atoms. The zero-order chi connectivity index (χ0) is 9.38. The predicted molar refractivity (Wildman–Crippen MR) is 57.4 cm³/mol. The Morgan fingerprint density at radius 3 is 2.29 bits per heavy atom. The Kier molecular flexibility index (Phi) is 2.48. The molecule has 3 aliphatic heterocycles. The van der Waals surface area contributed by atoms with E-state index in [-0.39, 0.29) is 0 Å². The molecule has 0 radical (unpaired) electrons. The van der Waals surface area contributed by atoms with Crippen molar-refractivity contribution in [2.24, 2.45) is 0 Å². The molecular weight excluding hydrogens is 174 g/mol. The van der Waals surface area contributed by atoms with Crippen LogP contribution >= 0.6 is 0 Å². The van der Waals surface area contributed by atoms with Crippen molar-refractivity contribution < 1.29 is 0 Å². The van der Waals surface area contributed by atoms with Crippen LogP contribution in [0.25, 0.3) is 0 Å². The molecule has 0 aromatic heterocycles. The summed E-state index contributed by atoms with van der Waals surface area (Å²) in [6.45, 7) is 7.86. The van der Waals surface area contributed by atoms with E-state index in [0.717, 1.165) is 12.1 Å². The van der Waals surface area contributed by atoms with Crippen molar-refractivity contribution in [2.75, 3.05) is 39.3 Å². The number of likely N-dealkylation sites (tertiary alicyclic amines) is 2. The van der Waals surface area contributed by atoms with Crippen molar-refractivity contribution in [1.29, 1.82) is 0 Å². The van der Waals surface area contributed by atoms with Gasteiger partial charge in [-0.25, -0.2) is 0 Å². The smallest absolute Gasteiger partial charge is 0.0346 e. The van der Waals surface area contributed by atoms with Gasteiger partial charge in [0.25, 0.3) is 0 Å². The molecule has 3 rings (SSSR count). The van der Waals surface area contributed by atoms with Crippen molar-refractivity contribution >= 4 is 0 Å². The van der Waals surface area contributed by atoms with E-state index in [1.54, 1.807) is 0 Å². The summed E-state index contributed by atoms with van der Waals surface area (Å²) >= 11 is 0. The molecule has 0 aromatic carbocycles. The van der Waals surface area contributed by atoms with Crippen LogP contribution in [0, 0.1) is 0 Å². The van der Waals surface area contributed by atoms with Crippen molar-refractivity contribution in [3.05, 3.63) is 0 Å². The number of hydrogen-bond donors (Lipinski definition) is 1. The van der Waals surface area contributed by atoms with Gasteiger partial charge in [-0.2, -0.15) is 0 Å². The molecule has 0 saturated carbocycles. The highest BCUT2D eigenvalue weighted by Crippen LogP contribution is 2.22. The van der Waals surface area contributed by atoms with Crippen LogP contribution in [0.5, 0.6) is 0 Å². The van der Waals surface area contributed by atoms with Gasteiger partial charge in [0.2, 0.25) is 0 Å². The Morgan fingerprint density at radius 2 is 1.64 bits per heavy atom. The van der Waals surface area contributed by atoms with Crippen LogP contribution in [0.3, 0.4) is 0 Å². The Morgan fingerprint density at radius 1 is 0.857 bits per heavy atom. The normalized spacial score (nSPS) is 36.4. The summed E-state index contributed by atoms with van der Waals surface area (Å²) in [5.74, 6) is 0. The number of nitrogens with one attached hydrogen (secondary N) is 1. The maximum Gasteiger partial charge on any atom is 0.0346 e. The fourth-order valence-electron chi connectivity index (χ4n) is 3.04. The highest BCUT2D eigenvalue weighted by Gasteiger charge is 2.34. The summed E-state index contributed by atoms with van der Waals surface area (Å²) in [6, 6.07) is 1.75. The molecule has 0 aliphatic carbocycles. The zero-order valence-electron chi connectivity index (χ0n) is 8.91. The first-order valence-corrected chi connectivity index (χ1v) is 6.12. The molecule has 1 unspecified atom stereocenters. The molecule has 0 aromatic rings. The molecule has 3 fully saturated rings. The molecule has 3 saturated heterocycles. The largest absolute Gasteiger partial charge is 0.314 e. The van der Waals surface area contributed by atoms with Crippen LogP contribution in [0.4, 0.5) is 0 Å². The lowest BCUT2D eigenvalue weighted by Crippen LogP contribution is -2.56. The van der Waals surface area contributed by atoms with Crippen LogP contribution in [-0.4, -0.2) is 61.2 Å². The maximum atomic E-state index is 3.37. The van der Waals surface area contributed by atoms with Gasteiger partial charge < -0.3 is 5.32 Å². The van der Waals surface area contributed by atoms with Crippen LogP contribution in [-0.2, 0) is 0 Å². The van der Waals surface area contributed by atoms with Gasteiger partial charge in [0.05, 0.1) is 0 Å². The maximum absolute atomic E-state index is 3.37. The molecule has 3 heteroatoms. The molecule has 14 heavy (non-hydrogen) atoms. The molecule has 1 N–H and O–H groups in total.